The summed E-state index contributed by atoms with van der Waals surface area (Å²) in [7, 11) is 0. The van der Waals surface area contributed by atoms with Crippen molar-refractivity contribution in [2.75, 3.05) is 5.75 Å². The summed E-state index contributed by atoms with van der Waals surface area (Å²) in [5.41, 5.74) is 3.94. The Morgan fingerprint density at radius 3 is 2.82 bits per heavy atom. The lowest BCUT2D eigenvalue weighted by Gasteiger charge is -2.34. The topological polar surface area (TPSA) is 57.1 Å². The van der Waals surface area contributed by atoms with E-state index in [1.165, 1.54) is 5.56 Å². The number of hydrogen-bond acceptors (Lipinski definition) is 5. The van der Waals surface area contributed by atoms with Gasteiger partial charge in [0.05, 0.1) is 5.36 Å². The average Bonchev–Trinajstić information content (AvgIpc) is 2.69. The van der Waals surface area contributed by atoms with E-state index < -0.39 is 0 Å². The minimum Gasteiger partial charge on any atom is -0.298 e. The van der Waals surface area contributed by atoms with E-state index in [2.05, 4.69) is 44.3 Å². The first-order valence-electron chi connectivity index (χ1n) is 9.65. The second-order valence-electron chi connectivity index (χ2n) is 7.13. The first-order valence-corrected chi connectivity index (χ1v) is 10.6. The molecule has 144 valence electrons. The lowest BCUT2D eigenvalue weighted by atomic mass is 10.0. The number of hydrogen-bond donors (Lipinski definition) is 1. The molecule has 2 aromatic rings. The highest BCUT2D eigenvalue weighted by Gasteiger charge is 2.34. The van der Waals surface area contributed by atoms with E-state index in [0.29, 0.717) is 10.9 Å². The summed E-state index contributed by atoms with van der Waals surface area (Å²) in [5.74, 6) is 0.812. The van der Waals surface area contributed by atoms with Gasteiger partial charge in [-0.05, 0) is 31.9 Å². The van der Waals surface area contributed by atoms with E-state index in [0.717, 1.165) is 40.3 Å². The Kier molecular flexibility index (Phi) is 5.22. The fraction of sp³-hybridized carbons (Fsp3) is 0.318. The fourth-order valence-corrected chi connectivity index (χ4v) is 4.38. The summed E-state index contributed by atoms with van der Waals surface area (Å²) < 4.78 is 0. The van der Waals surface area contributed by atoms with Crippen LogP contribution in [0.3, 0.4) is 0 Å². The highest BCUT2D eigenvalue weighted by atomic mass is 32.2. The van der Waals surface area contributed by atoms with Gasteiger partial charge in [0.1, 0.15) is 5.70 Å². The first-order chi connectivity index (χ1) is 13.6. The zero-order valence-electron chi connectivity index (χ0n) is 16.4. The third-order valence-electron chi connectivity index (χ3n) is 4.96. The van der Waals surface area contributed by atoms with Gasteiger partial charge < -0.3 is 0 Å². The fourth-order valence-electron chi connectivity index (χ4n) is 3.45. The number of fused-ring (bicyclic) bond motifs is 2. The maximum atomic E-state index is 13.0. The van der Waals surface area contributed by atoms with Crippen LogP contribution in [0.4, 0.5) is 0 Å². The van der Waals surface area contributed by atoms with Crippen LogP contribution in [0.2, 0.25) is 0 Å². The van der Waals surface area contributed by atoms with Crippen LogP contribution in [0, 0.1) is 13.8 Å². The monoisotopic (exact) mass is 392 g/mol. The Morgan fingerprint density at radius 2 is 2.00 bits per heavy atom. The Balaban J connectivity index is 1.87. The van der Waals surface area contributed by atoms with Crippen molar-refractivity contribution in [3.63, 3.8) is 0 Å². The second-order valence-corrected chi connectivity index (χ2v) is 8.22. The molecule has 0 bridgehead atoms. The van der Waals surface area contributed by atoms with Gasteiger partial charge in [0.25, 0.3) is 5.91 Å². The number of amidine groups is 1. The van der Waals surface area contributed by atoms with Crippen LogP contribution in [-0.4, -0.2) is 21.8 Å². The minimum absolute atomic E-state index is 0.119. The zero-order valence-corrected chi connectivity index (χ0v) is 17.2. The molecule has 0 aliphatic carbocycles. The largest absolute Gasteiger partial charge is 0.298 e. The quantitative estimate of drug-likeness (QED) is 0.814. The Morgan fingerprint density at radius 1 is 1.18 bits per heavy atom. The van der Waals surface area contributed by atoms with Crippen LogP contribution in [0.15, 0.2) is 52.6 Å². The lowest BCUT2D eigenvalue weighted by Crippen LogP contribution is -2.50. The molecular formula is C22H24N4OS. The molecule has 0 fully saturated rings. The van der Waals surface area contributed by atoms with Crippen molar-refractivity contribution in [2.45, 2.75) is 39.8 Å². The van der Waals surface area contributed by atoms with E-state index in [1.54, 1.807) is 16.8 Å². The Labute approximate surface area is 169 Å². The third kappa shape index (κ3) is 3.44. The molecule has 2 heterocycles. The Bertz CT molecular complexity index is 1080. The molecule has 2 aliphatic rings. The number of thioether (sulfide) groups is 1. The van der Waals surface area contributed by atoms with Gasteiger partial charge in [-0.2, -0.15) is 0 Å². The van der Waals surface area contributed by atoms with Gasteiger partial charge in [0, 0.05) is 16.5 Å². The highest BCUT2D eigenvalue weighted by molar-refractivity contribution is 8.13. The van der Waals surface area contributed by atoms with Gasteiger partial charge >= 0.3 is 0 Å². The number of carbonyl (C=O) groups is 1. The maximum Gasteiger partial charge on any atom is 0.276 e. The van der Waals surface area contributed by atoms with E-state index in [4.69, 9.17) is 10.1 Å². The van der Waals surface area contributed by atoms with Crippen LogP contribution in [0.25, 0.3) is 5.70 Å². The second kappa shape index (κ2) is 7.80. The predicted octanol–water partition coefficient (Wildman–Crippen LogP) is 2.98. The first kappa shape index (κ1) is 18.7. The number of amides is 1. The van der Waals surface area contributed by atoms with E-state index >= 15 is 0 Å². The number of hydrazone groups is 1. The molecule has 4 rings (SSSR count). The van der Waals surface area contributed by atoms with E-state index in [9.17, 15) is 4.79 Å². The standard InChI is InChI=1S/C22H24N4OS/c1-4-5-12-28-22-24-21(27)19-16-8-6-7-9-18(16)23-20(26(19)25-22)17-13-14(2)10-11-15(17)3/h6-11,13,20H,4-5,12H2,1-3H3,(H,24,25,27)/t20-/m1/s1. The number of aryl methyl sites for hydroxylation is 2. The van der Waals surface area contributed by atoms with Gasteiger partial charge in [-0.3, -0.25) is 15.1 Å². The molecule has 0 unspecified atom stereocenters. The van der Waals surface area contributed by atoms with E-state index in [1.807, 2.05) is 24.3 Å². The SMILES string of the molecule is CCCCSC1=NN2C(=c3ccccc3=N[C@H]2c2cc(C)ccc2C)C(=O)N1. The summed E-state index contributed by atoms with van der Waals surface area (Å²) in [5, 5.41) is 11.9. The maximum absolute atomic E-state index is 13.0. The molecule has 0 saturated heterocycles. The van der Waals surface area contributed by atoms with Crippen molar-refractivity contribution in [1.29, 1.82) is 0 Å². The lowest BCUT2D eigenvalue weighted by molar-refractivity contribution is -0.116. The molecule has 1 amide bonds. The van der Waals surface area contributed by atoms with Crippen molar-refractivity contribution >= 4 is 28.5 Å². The molecule has 1 atom stereocenters. The molecule has 28 heavy (non-hydrogen) atoms. The van der Waals surface area contributed by atoms with Gasteiger partial charge in [-0.15, -0.1) is 5.10 Å². The third-order valence-corrected chi connectivity index (χ3v) is 5.91. The number of nitrogens with one attached hydrogen (secondary N) is 1. The summed E-state index contributed by atoms with van der Waals surface area (Å²) in [4.78, 5) is 18.0. The van der Waals surface area contributed by atoms with Gasteiger partial charge in [-0.25, -0.2) is 5.01 Å². The minimum atomic E-state index is -0.349. The smallest absolute Gasteiger partial charge is 0.276 e. The summed E-state index contributed by atoms with van der Waals surface area (Å²) in [6.45, 7) is 6.31. The molecule has 6 heteroatoms. The summed E-state index contributed by atoms with van der Waals surface area (Å²) in [6, 6.07) is 14.1. The van der Waals surface area contributed by atoms with Crippen LogP contribution in [0.5, 0.6) is 0 Å². The number of para-hydroxylation sites is 1. The predicted molar refractivity (Wildman–Crippen MR) is 114 cm³/mol. The molecule has 2 aromatic carbocycles. The molecule has 0 saturated carbocycles. The van der Waals surface area contributed by atoms with Crippen molar-refractivity contribution in [3.05, 3.63) is 69.7 Å². The Hall–Kier alpha value is -2.60. The van der Waals surface area contributed by atoms with Crippen molar-refractivity contribution in [3.8, 4) is 0 Å². The van der Waals surface area contributed by atoms with Gasteiger partial charge in [0.15, 0.2) is 11.3 Å². The molecule has 5 nitrogen and oxygen atoms in total. The molecular weight excluding hydrogens is 368 g/mol. The molecule has 0 aromatic heterocycles. The summed E-state index contributed by atoms with van der Waals surface area (Å²) >= 11 is 1.59. The number of rotatable bonds is 4. The molecule has 0 radical (unpaired) electrons. The average molecular weight is 393 g/mol. The number of unbranched alkanes of at least 4 members (excludes halogenated alkanes) is 1. The highest BCUT2D eigenvalue weighted by Crippen LogP contribution is 2.32. The number of benzene rings is 2. The zero-order chi connectivity index (χ0) is 19.7. The number of carbonyl (C=O) groups excluding carboxylic acids is 1. The van der Waals surface area contributed by atoms with Crippen molar-refractivity contribution in [2.24, 2.45) is 10.1 Å². The molecule has 2 aliphatic heterocycles. The van der Waals surface area contributed by atoms with Crippen LogP contribution in [0.1, 0.15) is 42.6 Å². The van der Waals surface area contributed by atoms with E-state index in [-0.39, 0.29) is 12.1 Å². The normalized spacial score (nSPS) is 18.0. The van der Waals surface area contributed by atoms with Crippen LogP contribution >= 0.6 is 11.8 Å². The summed E-state index contributed by atoms with van der Waals surface area (Å²) in [6.07, 6.45) is 1.85. The van der Waals surface area contributed by atoms with Crippen molar-refractivity contribution in [1.82, 2.24) is 10.3 Å². The van der Waals surface area contributed by atoms with Gasteiger partial charge in [-0.1, -0.05) is 67.1 Å². The van der Waals surface area contributed by atoms with Crippen LogP contribution in [-0.2, 0) is 4.79 Å². The van der Waals surface area contributed by atoms with Crippen LogP contribution < -0.4 is 15.9 Å². The van der Waals surface area contributed by atoms with Gasteiger partial charge in [0.2, 0.25) is 0 Å². The molecule has 1 N–H and O–H groups in total. The number of nitrogens with zero attached hydrogens (tertiary/aromatic N) is 3. The molecule has 0 spiro atoms. The van der Waals surface area contributed by atoms with Crippen molar-refractivity contribution < 1.29 is 4.79 Å².